The van der Waals surface area contributed by atoms with Crippen LogP contribution in [-0.2, 0) is 0 Å². The topological polar surface area (TPSA) is 66.8 Å². The smallest absolute Gasteiger partial charge is 0.329 e. The summed E-state index contributed by atoms with van der Waals surface area (Å²) in [5.41, 5.74) is 1.62. The van der Waals surface area contributed by atoms with Crippen molar-refractivity contribution in [2.75, 3.05) is 50.8 Å². The van der Waals surface area contributed by atoms with E-state index in [1.54, 1.807) is 6.07 Å². The molecule has 8 heteroatoms. The molecule has 7 nitrogen and oxygen atoms in total. The van der Waals surface area contributed by atoms with Crippen LogP contribution in [0.25, 0.3) is 21.0 Å². The zero-order valence-electron chi connectivity index (χ0n) is 25.6. The van der Waals surface area contributed by atoms with Gasteiger partial charge in [-0.05, 0) is 73.0 Å². The summed E-state index contributed by atoms with van der Waals surface area (Å²) in [5.74, 6) is 0.683. The molecule has 1 N–H and O–H groups in total. The quantitative estimate of drug-likeness (QED) is 0.143. The third-order valence-electron chi connectivity index (χ3n) is 8.45. The largest absolute Gasteiger partial charge is 0.494 e. The molecule has 0 saturated carbocycles. The van der Waals surface area contributed by atoms with Crippen LogP contribution in [0.4, 0.5) is 10.5 Å². The third-order valence-corrected chi connectivity index (χ3v) is 9.33. The highest BCUT2D eigenvalue weighted by molar-refractivity contribution is 7.17. The van der Waals surface area contributed by atoms with Crippen molar-refractivity contribution in [1.29, 1.82) is 0 Å². The molecule has 0 spiro atoms. The number of ether oxygens (including phenoxy) is 1. The Balaban J connectivity index is 1.05. The van der Waals surface area contributed by atoms with Crippen molar-refractivity contribution in [2.24, 2.45) is 0 Å². The van der Waals surface area contributed by atoms with E-state index >= 15 is 0 Å². The molecule has 0 unspecified atom stereocenters. The minimum Gasteiger partial charge on any atom is -0.494 e. The van der Waals surface area contributed by atoms with Gasteiger partial charge < -0.3 is 15.0 Å². The molecule has 5 rings (SSSR count). The van der Waals surface area contributed by atoms with Crippen molar-refractivity contribution in [3.05, 3.63) is 70.3 Å². The van der Waals surface area contributed by atoms with Crippen molar-refractivity contribution in [3.63, 3.8) is 0 Å². The molecular weight excluding hydrogens is 556 g/mol. The number of rotatable bonds is 15. The van der Waals surface area contributed by atoms with Crippen LogP contribution >= 0.6 is 11.3 Å². The summed E-state index contributed by atoms with van der Waals surface area (Å²) >= 11 is 1.81. The van der Waals surface area contributed by atoms with E-state index in [4.69, 9.17) is 4.74 Å². The fourth-order valence-corrected chi connectivity index (χ4v) is 6.77. The van der Waals surface area contributed by atoms with Crippen LogP contribution < -0.4 is 20.5 Å². The Kier molecular flexibility index (Phi) is 11.5. The van der Waals surface area contributed by atoms with Crippen molar-refractivity contribution in [2.45, 2.75) is 64.7 Å². The normalized spacial score (nSPS) is 14.0. The molecule has 4 aromatic rings. The van der Waals surface area contributed by atoms with Gasteiger partial charge in [-0.15, -0.1) is 11.3 Å². The van der Waals surface area contributed by atoms with Crippen LogP contribution in [0.3, 0.4) is 0 Å². The lowest BCUT2D eigenvalue weighted by atomic mass is 10.1. The maximum absolute atomic E-state index is 13.0. The van der Waals surface area contributed by atoms with E-state index in [1.807, 2.05) is 29.5 Å². The summed E-state index contributed by atoms with van der Waals surface area (Å²) in [6.45, 7) is 8.72. The van der Waals surface area contributed by atoms with Crippen LogP contribution in [0.5, 0.6) is 5.75 Å². The molecule has 2 aromatic carbocycles. The average Bonchev–Trinajstić information content (AvgIpc) is 3.52. The standard InChI is InChI=1S/C35H46N4O3S/c1-2-3-4-5-6-7-8-19-36-35(41)39-32-27-29(16-14-28(32)15-17-34(39)40)42-25-10-9-20-37-21-23-38(24-22-37)31-12-11-13-33-30(31)18-26-43-33/h11-18,26-27H,2-10,19-25H2,1H3,(H,36,41). The number of benzene rings is 2. The van der Waals surface area contributed by atoms with Gasteiger partial charge in [0.15, 0.2) is 0 Å². The van der Waals surface area contributed by atoms with Gasteiger partial charge in [-0.1, -0.05) is 51.5 Å². The average molecular weight is 603 g/mol. The molecule has 0 radical (unpaired) electrons. The first kappa shape index (κ1) is 31.1. The van der Waals surface area contributed by atoms with E-state index in [2.05, 4.69) is 51.7 Å². The Morgan fingerprint density at radius 3 is 2.51 bits per heavy atom. The summed E-state index contributed by atoms with van der Waals surface area (Å²) in [6, 6.07) is 17.4. The monoisotopic (exact) mass is 602 g/mol. The van der Waals surface area contributed by atoms with Gasteiger partial charge in [-0.3, -0.25) is 9.69 Å². The maximum Gasteiger partial charge on any atom is 0.329 e. The molecule has 1 saturated heterocycles. The number of carbonyl (C=O) groups is 1. The van der Waals surface area contributed by atoms with Crippen LogP contribution in [0.15, 0.2) is 64.8 Å². The lowest BCUT2D eigenvalue weighted by molar-refractivity contribution is 0.238. The highest BCUT2D eigenvalue weighted by atomic mass is 32.1. The molecule has 1 amide bonds. The number of hydrogen-bond donors (Lipinski definition) is 1. The number of carbonyl (C=O) groups excluding carboxylic acids is 1. The first-order valence-electron chi connectivity index (χ1n) is 16.1. The molecular formula is C35H46N4O3S. The van der Waals surface area contributed by atoms with Crippen molar-refractivity contribution in [3.8, 4) is 5.75 Å². The first-order valence-corrected chi connectivity index (χ1v) is 17.0. The molecule has 0 bridgehead atoms. The zero-order chi connectivity index (χ0) is 29.9. The lowest BCUT2D eigenvalue weighted by Crippen LogP contribution is -2.46. The number of thiophene rings is 1. The molecule has 3 heterocycles. The Labute approximate surface area is 259 Å². The molecule has 230 valence electrons. The van der Waals surface area contributed by atoms with Crippen LogP contribution in [0.2, 0.25) is 0 Å². The van der Waals surface area contributed by atoms with Gasteiger partial charge >= 0.3 is 6.03 Å². The van der Waals surface area contributed by atoms with Crippen molar-refractivity contribution in [1.82, 2.24) is 14.8 Å². The van der Waals surface area contributed by atoms with E-state index in [9.17, 15) is 9.59 Å². The third kappa shape index (κ3) is 8.39. The van der Waals surface area contributed by atoms with Crippen LogP contribution in [0, 0.1) is 0 Å². The summed E-state index contributed by atoms with van der Waals surface area (Å²) in [6.07, 6.45) is 10.3. The molecule has 2 aromatic heterocycles. The van der Waals surface area contributed by atoms with Crippen molar-refractivity contribution < 1.29 is 9.53 Å². The molecule has 0 aliphatic carbocycles. The lowest BCUT2D eigenvalue weighted by Gasteiger charge is -2.36. The minimum absolute atomic E-state index is 0.325. The van der Waals surface area contributed by atoms with E-state index in [1.165, 1.54) is 58.5 Å². The van der Waals surface area contributed by atoms with Gasteiger partial charge in [-0.2, -0.15) is 0 Å². The maximum atomic E-state index is 13.0. The van der Waals surface area contributed by atoms with Gasteiger partial charge in [0.1, 0.15) is 5.75 Å². The van der Waals surface area contributed by atoms with Gasteiger partial charge in [0.2, 0.25) is 0 Å². The number of piperazine rings is 1. The number of amides is 1. The molecule has 0 atom stereocenters. The Morgan fingerprint density at radius 2 is 1.67 bits per heavy atom. The van der Waals surface area contributed by atoms with Gasteiger partial charge in [0.25, 0.3) is 5.56 Å². The fourth-order valence-electron chi connectivity index (χ4n) is 5.96. The second-order valence-electron chi connectivity index (χ2n) is 11.6. The highest BCUT2D eigenvalue weighted by Gasteiger charge is 2.18. The summed E-state index contributed by atoms with van der Waals surface area (Å²) < 4.78 is 8.66. The van der Waals surface area contributed by atoms with Gasteiger partial charge in [-0.25, -0.2) is 9.36 Å². The first-order chi connectivity index (χ1) is 21.1. The zero-order valence-corrected chi connectivity index (χ0v) is 26.4. The number of hydrogen-bond acceptors (Lipinski definition) is 6. The number of nitrogens with zero attached hydrogens (tertiary/aromatic N) is 3. The molecule has 1 fully saturated rings. The highest BCUT2D eigenvalue weighted by Crippen LogP contribution is 2.31. The number of pyridine rings is 1. The van der Waals surface area contributed by atoms with E-state index in [0.29, 0.717) is 24.4 Å². The molecule has 1 aliphatic heterocycles. The van der Waals surface area contributed by atoms with Crippen molar-refractivity contribution >= 4 is 44.0 Å². The Bertz CT molecular complexity index is 1520. The number of fused-ring (bicyclic) bond motifs is 2. The van der Waals surface area contributed by atoms with E-state index in [0.717, 1.165) is 63.8 Å². The molecule has 43 heavy (non-hydrogen) atoms. The molecule has 1 aliphatic rings. The second-order valence-corrected chi connectivity index (χ2v) is 12.5. The predicted octanol–water partition coefficient (Wildman–Crippen LogP) is 7.51. The summed E-state index contributed by atoms with van der Waals surface area (Å²) in [4.78, 5) is 30.7. The Hall–Kier alpha value is -3.36. The SMILES string of the molecule is CCCCCCCCCNC(=O)n1c(=O)ccc2ccc(OCCCCN3CCN(c4cccc5sccc45)CC3)cc21. The number of unbranched alkanes of at least 4 members (excludes halogenated alkanes) is 7. The van der Waals surface area contributed by atoms with Crippen LogP contribution in [-0.4, -0.2) is 61.4 Å². The van der Waals surface area contributed by atoms with Gasteiger partial charge in [0.05, 0.1) is 12.1 Å². The summed E-state index contributed by atoms with van der Waals surface area (Å²) in [7, 11) is 0. The summed E-state index contributed by atoms with van der Waals surface area (Å²) in [5, 5.41) is 7.33. The van der Waals surface area contributed by atoms with Gasteiger partial charge in [0, 0.05) is 60.6 Å². The number of anilines is 1. The number of nitrogens with one attached hydrogen (secondary N) is 1. The van der Waals surface area contributed by atoms with E-state index in [-0.39, 0.29) is 11.6 Å². The minimum atomic E-state index is -0.370. The van der Waals surface area contributed by atoms with Crippen LogP contribution in [0.1, 0.15) is 64.7 Å². The Morgan fingerprint density at radius 1 is 0.884 bits per heavy atom. The second kappa shape index (κ2) is 15.9. The predicted molar refractivity (Wildman–Crippen MR) is 180 cm³/mol. The van der Waals surface area contributed by atoms with E-state index < -0.39 is 0 Å². The number of aromatic nitrogens is 1. The fraction of sp³-hybridized carbons (Fsp3) is 0.486.